The second-order valence-electron chi connectivity index (χ2n) is 3.54. The van der Waals surface area contributed by atoms with Gasteiger partial charge in [0, 0.05) is 6.07 Å². The van der Waals surface area contributed by atoms with Crippen molar-refractivity contribution in [1.82, 2.24) is 0 Å². The predicted molar refractivity (Wildman–Crippen MR) is 73.7 cm³/mol. The van der Waals surface area contributed by atoms with Crippen LogP contribution in [-0.2, 0) is 9.53 Å². The van der Waals surface area contributed by atoms with Crippen molar-refractivity contribution in [2.24, 2.45) is 0 Å². The molecule has 2 rings (SSSR count). The minimum atomic E-state index is -1.03. The van der Waals surface area contributed by atoms with Gasteiger partial charge in [-0.2, -0.15) is 0 Å². The monoisotopic (exact) mass is 301 g/mol. The summed E-state index contributed by atoms with van der Waals surface area (Å²) in [6.07, 6.45) is 1.32. The van der Waals surface area contributed by atoms with Crippen LogP contribution in [0.3, 0.4) is 0 Å². The zero-order chi connectivity index (χ0) is 14.0. The molecule has 0 atom stereocenters. The Morgan fingerprint density at radius 1 is 1.42 bits per heavy atom. The van der Waals surface area contributed by atoms with Gasteiger partial charge < -0.3 is 4.74 Å². The molecule has 0 unspecified atom stereocenters. The number of carbonyl (C=O) groups excluding carboxylic acids is 1. The van der Waals surface area contributed by atoms with Crippen LogP contribution in [0.25, 0.3) is 0 Å². The maximum absolute atomic E-state index is 13.2. The summed E-state index contributed by atoms with van der Waals surface area (Å²) < 4.78 is 31.4. The van der Waals surface area contributed by atoms with Crippen LogP contribution < -0.4 is 4.90 Å². The van der Waals surface area contributed by atoms with Gasteiger partial charge >= 0.3 is 0 Å². The Bertz CT molecular complexity index is 575. The lowest BCUT2D eigenvalue weighted by atomic mass is 10.2. The van der Waals surface area contributed by atoms with Gasteiger partial charge in [-0.1, -0.05) is 24.0 Å². The van der Waals surface area contributed by atoms with E-state index in [9.17, 15) is 13.6 Å². The molecule has 1 aliphatic rings. The first kappa shape index (κ1) is 14.0. The third-order valence-electron chi connectivity index (χ3n) is 2.31. The Balaban J connectivity index is 2.32. The Hall–Kier alpha value is -1.47. The van der Waals surface area contributed by atoms with Crippen molar-refractivity contribution in [2.45, 2.75) is 6.92 Å². The number of halogens is 2. The van der Waals surface area contributed by atoms with E-state index in [1.807, 2.05) is 0 Å². The number of ether oxygens (including phenoxy) is 1. The molecule has 1 fully saturated rings. The van der Waals surface area contributed by atoms with E-state index in [0.29, 0.717) is 11.5 Å². The summed E-state index contributed by atoms with van der Waals surface area (Å²) in [5.41, 5.74) is 0.196. The maximum Gasteiger partial charge on any atom is 0.273 e. The number of amides is 1. The molecule has 3 nitrogen and oxygen atoms in total. The molecule has 1 amide bonds. The number of thioether (sulfide) groups is 1. The molecule has 1 aromatic rings. The van der Waals surface area contributed by atoms with Gasteiger partial charge in [-0.15, -0.1) is 0 Å². The van der Waals surface area contributed by atoms with Crippen LogP contribution in [0.1, 0.15) is 6.92 Å². The van der Waals surface area contributed by atoms with E-state index in [0.717, 1.165) is 28.8 Å². The van der Waals surface area contributed by atoms with E-state index < -0.39 is 17.5 Å². The van der Waals surface area contributed by atoms with E-state index in [2.05, 4.69) is 0 Å². The number of anilines is 1. The molecule has 0 saturated carbocycles. The van der Waals surface area contributed by atoms with E-state index in [1.165, 1.54) is 12.3 Å². The average molecular weight is 301 g/mol. The fourth-order valence-corrected chi connectivity index (χ4v) is 2.68. The molecule has 100 valence electrons. The number of hydrogen-bond donors (Lipinski definition) is 0. The first-order valence-corrected chi connectivity index (χ1v) is 6.60. The molecule has 0 bridgehead atoms. The molecule has 0 radical (unpaired) electrons. The van der Waals surface area contributed by atoms with Gasteiger partial charge in [0.25, 0.3) is 5.91 Å². The smallest absolute Gasteiger partial charge is 0.273 e. The highest BCUT2D eigenvalue weighted by Gasteiger charge is 2.34. The van der Waals surface area contributed by atoms with Crippen molar-refractivity contribution < 1.29 is 18.3 Å². The van der Waals surface area contributed by atoms with Gasteiger partial charge in [0.2, 0.25) is 0 Å². The van der Waals surface area contributed by atoms with Crippen LogP contribution in [-0.4, -0.2) is 16.8 Å². The van der Waals surface area contributed by atoms with Crippen molar-refractivity contribution in [3.8, 4) is 0 Å². The molecule has 1 aliphatic heterocycles. The molecule has 0 aliphatic carbocycles. The van der Waals surface area contributed by atoms with E-state index >= 15 is 0 Å². The van der Waals surface area contributed by atoms with Gasteiger partial charge in [-0.05, 0) is 19.1 Å². The summed E-state index contributed by atoms with van der Waals surface area (Å²) in [5.74, 6) is -2.41. The molecule has 1 saturated heterocycles. The lowest BCUT2D eigenvalue weighted by molar-refractivity contribution is -0.113. The van der Waals surface area contributed by atoms with Crippen LogP contribution in [0.2, 0.25) is 0 Å². The third-order valence-corrected chi connectivity index (χ3v) is 3.59. The van der Waals surface area contributed by atoms with Crippen molar-refractivity contribution in [2.75, 3.05) is 11.5 Å². The number of hydrogen-bond acceptors (Lipinski definition) is 4. The SMILES string of the molecule is CCO/C=C1/SC(=S)N(c2ccc(F)c(F)c2)C1=O. The Kier molecular flexibility index (Phi) is 4.16. The lowest BCUT2D eigenvalue weighted by Gasteiger charge is -2.14. The molecular formula is C12H9F2NO2S2. The summed E-state index contributed by atoms with van der Waals surface area (Å²) in [6, 6.07) is 3.19. The summed E-state index contributed by atoms with van der Waals surface area (Å²) in [4.78, 5) is 13.5. The van der Waals surface area contributed by atoms with Gasteiger partial charge in [0.15, 0.2) is 16.0 Å². The molecule has 7 heteroatoms. The normalized spacial score (nSPS) is 17.4. The average Bonchev–Trinajstić information content (AvgIpc) is 2.65. The molecule has 1 heterocycles. The number of benzene rings is 1. The van der Waals surface area contributed by atoms with E-state index in [-0.39, 0.29) is 10.0 Å². The quantitative estimate of drug-likeness (QED) is 0.487. The van der Waals surface area contributed by atoms with E-state index in [1.54, 1.807) is 6.92 Å². The maximum atomic E-state index is 13.2. The summed E-state index contributed by atoms with van der Waals surface area (Å²) in [6.45, 7) is 2.21. The van der Waals surface area contributed by atoms with Crippen LogP contribution in [0.5, 0.6) is 0 Å². The van der Waals surface area contributed by atoms with Gasteiger partial charge in [-0.25, -0.2) is 8.78 Å². The second kappa shape index (κ2) is 5.66. The highest BCUT2D eigenvalue weighted by Crippen LogP contribution is 2.35. The molecule has 1 aromatic carbocycles. The van der Waals surface area contributed by atoms with Crippen molar-refractivity contribution in [3.63, 3.8) is 0 Å². The third kappa shape index (κ3) is 2.76. The number of nitrogens with zero attached hydrogens (tertiary/aromatic N) is 1. The first-order valence-electron chi connectivity index (χ1n) is 5.37. The highest BCUT2D eigenvalue weighted by molar-refractivity contribution is 8.27. The Morgan fingerprint density at radius 2 is 2.16 bits per heavy atom. The molecular weight excluding hydrogens is 292 g/mol. The topological polar surface area (TPSA) is 29.5 Å². The van der Waals surface area contributed by atoms with Gasteiger partial charge in [0.05, 0.1) is 12.3 Å². The largest absolute Gasteiger partial charge is 0.500 e. The first-order chi connectivity index (χ1) is 9.04. The number of thiocarbonyl (C=S) groups is 1. The Labute approximate surface area is 118 Å². The zero-order valence-electron chi connectivity index (χ0n) is 9.85. The van der Waals surface area contributed by atoms with E-state index in [4.69, 9.17) is 17.0 Å². The standard InChI is InChI=1S/C12H9F2NO2S2/c1-2-17-6-10-11(16)15(12(18)19-10)7-3-4-8(13)9(14)5-7/h3-6H,2H2,1H3/b10-6+. The summed E-state index contributed by atoms with van der Waals surface area (Å²) >= 11 is 6.11. The van der Waals surface area contributed by atoms with Crippen molar-refractivity contribution >= 4 is 39.9 Å². The fourth-order valence-electron chi connectivity index (χ4n) is 1.46. The lowest BCUT2D eigenvalue weighted by Crippen LogP contribution is -2.27. The van der Waals surface area contributed by atoms with Crippen molar-refractivity contribution in [1.29, 1.82) is 0 Å². The molecule has 0 N–H and O–H groups in total. The summed E-state index contributed by atoms with van der Waals surface area (Å²) in [5, 5.41) is 0. The number of rotatable bonds is 3. The second-order valence-corrected chi connectivity index (χ2v) is 5.22. The summed E-state index contributed by atoms with van der Waals surface area (Å²) in [7, 11) is 0. The molecule has 0 spiro atoms. The molecule has 19 heavy (non-hydrogen) atoms. The van der Waals surface area contributed by atoms with Crippen LogP contribution in [0.15, 0.2) is 29.4 Å². The van der Waals surface area contributed by atoms with Crippen molar-refractivity contribution in [3.05, 3.63) is 41.0 Å². The van der Waals surface area contributed by atoms with Gasteiger partial charge in [0.1, 0.15) is 11.2 Å². The minimum Gasteiger partial charge on any atom is -0.500 e. The zero-order valence-corrected chi connectivity index (χ0v) is 11.5. The molecule has 0 aromatic heterocycles. The van der Waals surface area contributed by atoms with Gasteiger partial charge in [-0.3, -0.25) is 9.69 Å². The fraction of sp³-hybridized carbons (Fsp3) is 0.167. The predicted octanol–water partition coefficient (Wildman–Crippen LogP) is 3.21. The number of carbonyl (C=O) groups is 1. The highest BCUT2D eigenvalue weighted by atomic mass is 32.2. The van der Waals surface area contributed by atoms with Crippen LogP contribution in [0.4, 0.5) is 14.5 Å². The van der Waals surface area contributed by atoms with Crippen LogP contribution in [0, 0.1) is 11.6 Å². The van der Waals surface area contributed by atoms with Crippen LogP contribution >= 0.6 is 24.0 Å². The Morgan fingerprint density at radius 3 is 2.79 bits per heavy atom. The minimum absolute atomic E-state index is 0.196.